The van der Waals surface area contributed by atoms with Crippen molar-refractivity contribution in [2.45, 2.75) is 42.5 Å². The normalized spacial score (nSPS) is 14.5. The molecular formula is C28H32ClN3O5S2. The standard InChI is InChI=1S/C28H32ClN3O5S2/c1-22-8-12-25(13-9-22)39(36,37)32(20-24-6-2-3-7-27(24)29)21-28(33)30-17-16-23-10-14-26(15-11-23)38(34,35)31-18-4-5-19-31/h2-3,6-15H,4-5,16-21H2,1H3,(H,30,33). The summed E-state index contributed by atoms with van der Waals surface area (Å²) in [5.41, 5.74) is 2.37. The number of carbonyl (C=O) groups is 1. The lowest BCUT2D eigenvalue weighted by atomic mass is 10.1. The van der Waals surface area contributed by atoms with E-state index in [-0.39, 0.29) is 29.4 Å². The number of halogens is 1. The zero-order valence-corrected chi connectivity index (χ0v) is 24.1. The summed E-state index contributed by atoms with van der Waals surface area (Å²) in [4.78, 5) is 13.2. The molecule has 208 valence electrons. The molecule has 3 aromatic rings. The van der Waals surface area contributed by atoms with Crippen molar-refractivity contribution >= 4 is 37.6 Å². The number of carbonyl (C=O) groups excluding carboxylic acids is 1. The summed E-state index contributed by atoms with van der Waals surface area (Å²) in [5.74, 6) is -0.453. The Morgan fingerprint density at radius 3 is 2.15 bits per heavy atom. The average Bonchev–Trinajstić information content (AvgIpc) is 3.46. The predicted octanol–water partition coefficient (Wildman–Crippen LogP) is 3.98. The maximum absolute atomic E-state index is 13.4. The van der Waals surface area contributed by atoms with Crippen molar-refractivity contribution in [2.75, 3.05) is 26.2 Å². The van der Waals surface area contributed by atoms with Gasteiger partial charge in [-0.2, -0.15) is 8.61 Å². The molecule has 1 fully saturated rings. The Labute approximate surface area is 235 Å². The van der Waals surface area contributed by atoms with Gasteiger partial charge in [0.2, 0.25) is 26.0 Å². The van der Waals surface area contributed by atoms with Gasteiger partial charge in [-0.1, -0.05) is 59.6 Å². The molecule has 39 heavy (non-hydrogen) atoms. The average molecular weight is 590 g/mol. The molecule has 0 radical (unpaired) electrons. The maximum atomic E-state index is 13.4. The molecule has 0 unspecified atom stereocenters. The molecule has 1 aliphatic heterocycles. The van der Waals surface area contributed by atoms with Gasteiger partial charge in [0.05, 0.1) is 16.3 Å². The van der Waals surface area contributed by atoms with E-state index in [1.165, 1.54) is 16.4 Å². The Morgan fingerprint density at radius 1 is 0.897 bits per heavy atom. The van der Waals surface area contributed by atoms with Gasteiger partial charge in [0.25, 0.3) is 0 Å². The third-order valence-corrected chi connectivity index (χ3v) is 10.7. The molecule has 0 aliphatic carbocycles. The Hall–Kier alpha value is -2.76. The molecule has 0 spiro atoms. The first-order chi connectivity index (χ1) is 18.6. The highest BCUT2D eigenvalue weighted by Gasteiger charge is 2.28. The molecule has 4 rings (SSSR count). The fourth-order valence-electron chi connectivity index (χ4n) is 4.37. The van der Waals surface area contributed by atoms with Crippen LogP contribution in [0.25, 0.3) is 0 Å². The van der Waals surface area contributed by atoms with Crippen molar-refractivity contribution in [2.24, 2.45) is 0 Å². The number of nitrogens with zero attached hydrogens (tertiary/aromatic N) is 2. The van der Waals surface area contributed by atoms with E-state index in [2.05, 4.69) is 5.32 Å². The molecule has 3 aromatic carbocycles. The first kappa shape index (κ1) is 29.2. The summed E-state index contributed by atoms with van der Waals surface area (Å²) in [5, 5.41) is 3.19. The molecule has 1 amide bonds. The first-order valence-corrected chi connectivity index (χ1v) is 16.0. The number of amides is 1. The highest BCUT2D eigenvalue weighted by Crippen LogP contribution is 2.23. The third-order valence-electron chi connectivity index (χ3n) is 6.65. The van der Waals surface area contributed by atoms with Crippen LogP contribution in [0.15, 0.2) is 82.6 Å². The van der Waals surface area contributed by atoms with Gasteiger partial charge in [0.1, 0.15) is 0 Å². The van der Waals surface area contributed by atoms with Crippen molar-refractivity contribution < 1.29 is 21.6 Å². The van der Waals surface area contributed by atoms with E-state index in [0.717, 1.165) is 28.3 Å². The van der Waals surface area contributed by atoms with E-state index in [9.17, 15) is 21.6 Å². The van der Waals surface area contributed by atoms with E-state index in [1.54, 1.807) is 60.7 Å². The lowest BCUT2D eigenvalue weighted by Gasteiger charge is -2.22. The second-order valence-corrected chi connectivity index (χ2v) is 13.8. The minimum absolute atomic E-state index is 0.0593. The molecule has 11 heteroatoms. The molecule has 8 nitrogen and oxygen atoms in total. The van der Waals surface area contributed by atoms with Crippen molar-refractivity contribution in [1.29, 1.82) is 0 Å². The molecule has 0 saturated carbocycles. The number of nitrogens with one attached hydrogen (secondary N) is 1. The molecular weight excluding hydrogens is 558 g/mol. The first-order valence-electron chi connectivity index (χ1n) is 12.7. The van der Waals surface area contributed by atoms with Gasteiger partial charge in [0.15, 0.2) is 0 Å². The minimum atomic E-state index is -3.98. The number of sulfonamides is 2. The van der Waals surface area contributed by atoms with Crippen LogP contribution in [0.4, 0.5) is 0 Å². The van der Waals surface area contributed by atoms with Crippen LogP contribution in [-0.2, 0) is 37.8 Å². The summed E-state index contributed by atoms with van der Waals surface area (Å²) < 4.78 is 54.9. The quantitative estimate of drug-likeness (QED) is 0.364. The van der Waals surface area contributed by atoms with Crippen molar-refractivity contribution in [3.8, 4) is 0 Å². The third kappa shape index (κ3) is 7.26. The van der Waals surface area contributed by atoms with Gasteiger partial charge in [-0.25, -0.2) is 16.8 Å². The zero-order chi connectivity index (χ0) is 28.0. The van der Waals surface area contributed by atoms with E-state index in [0.29, 0.717) is 30.1 Å². The smallest absolute Gasteiger partial charge is 0.243 e. The number of benzene rings is 3. The van der Waals surface area contributed by atoms with Crippen molar-refractivity contribution in [3.05, 3.63) is 94.5 Å². The highest BCUT2D eigenvalue weighted by molar-refractivity contribution is 7.89. The van der Waals surface area contributed by atoms with Crippen LogP contribution < -0.4 is 5.32 Å². The van der Waals surface area contributed by atoms with E-state index >= 15 is 0 Å². The highest BCUT2D eigenvalue weighted by atomic mass is 35.5. The fraction of sp³-hybridized carbons (Fsp3) is 0.321. The van der Waals surface area contributed by atoms with Gasteiger partial charge in [-0.15, -0.1) is 0 Å². The van der Waals surface area contributed by atoms with E-state index in [1.807, 2.05) is 6.92 Å². The van der Waals surface area contributed by atoms with Gasteiger partial charge in [-0.3, -0.25) is 4.79 Å². The molecule has 1 saturated heterocycles. The molecule has 1 heterocycles. The van der Waals surface area contributed by atoms with Crippen LogP contribution >= 0.6 is 11.6 Å². The van der Waals surface area contributed by atoms with E-state index in [4.69, 9.17) is 11.6 Å². The molecule has 1 N–H and O–H groups in total. The van der Waals surface area contributed by atoms with Crippen molar-refractivity contribution in [3.63, 3.8) is 0 Å². The maximum Gasteiger partial charge on any atom is 0.243 e. The lowest BCUT2D eigenvalue weighted by molar-refractivity contribution is -0.121. The summed E-state index contributed by atoms with van der Waals surface area (Å²) in [7, 11) is -7.46. The van der Waals surface area contributed by atoms with E-state index < -0.39 is 26.0 Å². The molecule has 1 aliphatic rings. The van der Waals surface area contributed by atoms with Crippen LogP contribution in [0.5, 0.6) is 0 Å². The molecule has 0 atom stereocenters. The Morgan fingerprint density at radius 2 is 1.51 bits per heavy atom. The van der Waals surface area contributed by atoms with Gasteiger partial charge < -0.3 is 5.32 Å². The van der Waals surface area contributed by atoms with Crippen LogP contribution in [0.1, 0.15) is 29.5 Å². The molecule has 0 bridgehead atoms. The SMILES string of the molecule is Cc1ccc(S(=O)(=O)N(CC(=O)NCCc2ccc(S(=O)(=O)N3CCCC3)cc2)Cc2ccccc2Cl)cc1. The summed E-state index contributed by atoms with van der Waals surface area (Å²) >= 11 is 6.29. The largest absolute Gasteiger partial charge is 0.355 e. The topological polar surface area (TPSA) is 104 Å². The Bertz CT molecular complexity index is 1500. The second-order valence-electron chi connectivity index (χ2n) is 9.53. The van der Waals surface area contributed by atoms with Crippen LogP contribution in [0.2, 0.25) is 5.02 Å². The van der Waals surface area contributed by atoms with Crippen LogP contribution in [0, 0.1) is 6.92 Å². The predicted molar refractivity (Wildman–Crippen MR) is 151 cm³/mol. The van der Waals surface area contributed by atoms with Crippen LogP contribution in [-0.4, -0.2) is 57.5 Å². The second kappa shape index (κ2) is 12.6. The van der Waals surface area contributed by atoms with Crippen LogP contribution in [0.3, 0.4) is 0 Å². The summed E-state index contributed by atoms with van der Waals surface area (Å²) in [6.45, 7) is 2.78. The fourth-order valence-corrected chi connectivity index (χ4v) is 7.46. The summed E-state index contributed by atoms with van der Waals surface area (Å²) in [6, 6.07) is 20.0. The number of aryl methyl sites for hydroxylation is 1. The zero-order valence-electron chi connectivity index (χ0n) is 21.7. The van der Waals surface area contributed by atoms with Gasteiger partial charge >= 0.3 is 0 Å². The lowest BCUT2D eigenvalue weighted by Crippen LogP contribution is -2.40. The van der Waals surface area contributed by atoms with Crippen molar-refractivity contribution in [1.82, 2.24) is 13.9 Å². The van der Waals surface area contributed by atoms with Gasteiger partial charge in [0, 0.05) is 31.2 Å². The van der Waals surface area contributed by atoms with Gasteiger partial charge in [-0.05, 0) is 67.6 Å². The Kier molecular flexibility index (Phi) is 9.45. The molecule has 0 aromatic heterocycles. The minimum Gasteiger partial charge on any atom is -0.355 e. The summed E-state index contributed by atoms with van der Waals surface area (Å²) in [6.07, 6.45) is 2.21. The number of hydrogen-bond donors (Lipinski definition) is 1. The Balaban J connectivity index is 1.40. The monoisotopic (exact) mass is 589 g/mol. The number of hydrogen-bond acceptors (Lipinski definition) is 5. The number of rotatable bonds is 11.